The SMILES string of the molecule is COc1ccc(C(=O)COc2ccc(F)cc2Cl)c(OC)c1. The number of Topliss-reactive ketones (excluding diaryl/α,β-unsaturated/α-hetero) is 1. The fourth-order valence-electron chi connectivity index (χ4n) is 1.84. The van der Waals surface area contributed by atoms with Crippen LogP contribution in [0.15, 0.2) is 36.4 Å². The average Bonchev–Trinajstić information content (AvgIpc) is 2.53. The van der Waals surface area contributed by atoms with Gasteiger partial charge in [-0.3, -0.25) is 4.79 Å². The molecule has 0 aromatic heterocycles. The highest BCUT2D eigenvalue weighted by molar-refractivity contribution is 6.32. The van der Waals surface area contributed by atoms with Gasteiger partial charge in [0.1, 0.15) is 23.1 Å². The fourth-order valence-corrected chi connectivity index (χ4v) is 2.06. The topological polar surface area (TPSA) is 44.8 Å². The van der Waals surface area contributed by atoms with Gasteiger partial charge in [-0.15, -0.1) is 0 Å². The molecule has 0 radical (unpaired) electrons. The molecule has 2 aromatic carbocycles. The Morgan fingerprint density at radius 3 is 2.50 bits per heavy atom. The molecule has 0 unspecified atom stereocenters. The molecule has 0 aliphatic heterocycles. The number of ether oxygens (including phenoxy) is 3. The Labute approximate surface area is 132 Å². The van der Waals surface area contributed by atoms with E-state index in [2.05, 4.69) is 0 Å². The van der Waals surface area contributed by atoms with E-state index >= 15 is 0 Å². The van der Waals surface area contributed by atoms with Gasteiger partial charge in [-0.25, -0.2) is 4.39 Å². The summed E-state index contributed by atoms with van der Waals surface area (Å²) in [6.07, 6.45) is 0. The van der Waals surface area contributed by atoms with E-state index in [1.165, 1.54) is 26.4 Å². The lowest BCUT2D eigenvalue weighted by molar-refractivity contribution is 0.0918. The Balaban J connectivity index is 2.12. The zero-order chi connectivity index (χ0) is 16.1. The summed E-state index contributed by atoms with van der Waals surface area (Å²) in [6, 6.07) is 8.56. The number of halogens is 2. The van der Waals surface area contributed by atoms with Crippen LogP contribution in [-0.2, 0) is 0 Å². The minimum absolute atomic E-state index is 0.106. The number of methoxy groups -OCH3 is 2. The number of hydrogen-bond acceptors (Lipinski definition) is 4. The second-order valence-electron chi connectivity index (χ2n) is 4.35. The van der Waals surface area contributed by atoms with E-state index in [1.54, 1.807) is 18.2 Å². The first-order chi connectivity index (χ1) is 10.5. The van der Waals surface area contributed by atoms with Crippen molar-refractivity contribution < 1.29 is 23.4 Å². The summed E-state index contributed by atoms with van der Waals surface area (Å²) < 4.78 is 28.5. The lowest BCUT2D eigenvalue weighted by atomic mass is 10.1. The van der Waals surface area contributed by atoms with Gasteiger partial charge >= 0.3 is 0 Å². The fraction of sp³-hybridized carbons (Fsp3) is 0.188. The maximum atomic E-state index is 12.9. The third kappa shape index (κ3) is 3.68. The molecule has 0 aliphatic rings. The maximum absolute atomic E-state index is 12.9. The van der Waals surface area contributed by atoms with Crippen molar-refractivity contribution in [2.45, 2.75) is 0 Å². The Hall–Kier alpha value is -2.27. The van der Waals surface area contributed by atoms with Crippen molar-refractivity contribution in [2.24, 2.45) is 0 Å². The minimum Gasteiger partial charge on any atom is -0.497 e. The van der Waals surface area contributed by atoms with Gasteiger partial charge in [0.25, 0.3) is 0 Å². The molecule has 2 aromatic rings. The molecule has 0 spiro atoms. The van der Waals surface area contributed by atoms with E-state index in [1.807, 2.05) is 0 Å². The Bertz CT molecular complexity index is 688. The molecule has 6 heteroatoms. The van der Waals surface area contributed by atoms with Gasteiger partial charge in [-0.05, 0) is 30.3 Å². The molecule has 0 fully saturated rings. The van der Waals surface area contributed by atoms with Gasteiger partial charge in [0.15, 0.2) is 6.61 Å². The predicted octanol–water partition coefficient (Wildman–Crippen LogP) is 3.76. The van der Waals surface area contributed by atoms with Crippen molar-refractivity contribution in [1.29, 1.82) is 0 Å². The third-order valence-electron chi connectivity index (χ3n) is 2.96. The highest BCUT2D eigenvalue weighted by atomic mass is 35.5. The first-order valence-electron chi connectivity index (χ1n) is 6.38. The van der Waals surface area contributed by atoms with Crippen molar-refractivity contribution in [3.8, 4) is 17.2 Å². The summed E-state index contributed by atoms with van der Waals surface area (Å²) in [5.74, 6) is 0.443. The molecule has 0 bridgehead atoms. The highest BCUT2D eigenvalue weighted by Gasteiger charge is 2.15. The summed E-state index contributed by atoms with van der Waals surface area (Å²) in [5, 5.41) is 0.106. The quantitative estimate of drug-likeness (QED) is 0.759. The molecule has 0 saturated carbocycles. The lowest BCUT2D eigenvalue weighted by Gasteiger charge is -2.11. The van der Waals surface area contributed by atoms with Crippen LogP contribution in [0.25, 0.3) is 0 Å². The Kier molecular flexibility index (Phi) is 5.22. The molecule has 0 aliphatic carbocycles. The summed E-state index contributed by atoms with van der Waals surface area (Å²) >= 11 is 5.84. The van der Waals surface area contributed by atoms with E-state index in [0.717, 1.165) is 6.07 Å². The molecule has 0 saturated heterocycles. The normalized spacial score (nSPS) is 10.2. The van der Waals surface area contributed by atoms with Gasteiger partial charge < -0.3 is 14.2 Å². The van der Waals surface area contributed by atoms with Crippen LogP contribution >= 0.6 is 11.6 Å². The predicted molar refractivity (Wildman–Crippen MR) is 80.8 cm³/mol. The summed E-state index contributed by atoms with van der Waals surface area (Å²) in [6.45, 7) is -0.242. The van der Waals surface area contributed by atoms with Crippen LogP contribution in [0.1, 0.15) is 10.4 Å². The van der Waals surface area contributed by atoms with Crippen molar-refractivity contribution in [2.75, 3.05) is 20.8 Å². The number of carbonyl (C=O) groups is 1. The molecular weight excluding hydrogens is 311 g/mol. The van der Waals surface area contributed by atoms with Crippen molar-refractivity contribution in [1.82, 2.24) is 0 Å². The van der Waals surface area contributed by atoms with Gasteiger partial charge in [0.2, 0.25) is 5.78 Å². The average molecular weight is 325 g/mol. The lowest BCUT2D eigenvalue weighted by Crippen LogP contribution is -2.13. The zero-order valence-corrected chi connectivity index (χ0v) is 12.8. The summed E-state index contributed by atoms with van der Waals surface area (Å²) in [5.41, 5.74) is 0.363. The summed E-state index contributed by atoms with van der Waals surface area (Å²) in [7, 11) is 2.99. The van der Waals surface area contributed by atoms with E-state index in [-0.39, 0.29) is 23.2 Å². The number of ketones is 1. The molecule has 4 nitrogen and oxygen atoms in total. The van der Waals surface area contributed by atoms with Gasteiger partial charge in [-0.2, -0.15) is 0 Å². The van der Waals surface area contributed by atoms with Crippen LogP contribution in [0, 0.1) is 5.82 Å². The highest BCUT2D eigenvalue weighted by Crippen LogP contribution is 2.27. The molecule has 22 heavy (non-hydrogen) atoms. The molecule has 0 heterocycles. The smallest absolute Gasteiger partial charge is 0.203 e. The standard InChI is InChI=1S/C16H14ClFO4/c1-20-11-4-5-12(16(8-11)21-2)14(19)9-22-15-6-3-10(18)7-13(15)17/h3-8H,9H2,1-2H3. The van der Waals surface area contributed by atoms with Crippen LogP contribution in [0.4, 0.5) is 4.39 Å². The molecule has 0 atom stereocenters. The molecule has 0 N–H and O–H groups in total. The number of carbonyl (C=O) groups excluding carboxylic acids is 1. The molecule has 116 valence electrons. The number of rotatable bonds is 6. The largest absolute Gasteiger partial charge is 0.497 e. The van der Waals surface area contributed by atoms with Crippen LogP contribution in [0.3, 0.4) is 0 Å². The van der Waals surface area contributed by atoms with E-state index in [9.17, 15) is 9.18 Å². The van der Waals surface area contributed by atoms with E-state index in [4.69, 9.17) is 25.8 Å². The third-order valence-corrected chi connectivity index (χ3v) is 3.26. The first kappa shape index (κ1) is 16.1. The number of benzene rings is 2. The van der Waals surface area contributed by atoms with Crippen LogP contribution in [-0.4, -0.2) is 26.6 Å². The van der Waals surface area contributed by atoms with E-state index < -0.39 is 5.82 Å². The molecular formula is C16H14ClFO4. The van der Waals surface area contributed by atoms with Crippen LogP contribution in [0.5, 0.6) is 17.2 Å². The van der Waals surface area contributed by atoms with Crippen LogP contribution < -0.4 is 14.2 Å². The van der Waals surface area contributed by atoms with Gasteiger partial charge in [0, 0.05) is 6.07 Å². The van der Waals surface area contributed by atoms with Crippen molar-refractivity contribution >= 4 is 17.4 Å². The van der Waals surface area contributed by atoms with Crippen LogP contribution in [0.2, 0.25) is 5.02 Å². The first-order valence-corrected chi connectivity index (χ1v) is 6.76. The zero-order valence-electron chi connectivity index (χ0n) is 12.1. The molecule has 2 rings (SSSR count). The van der Waals surface area contributed by atoms with Crippen molar-refractivity contribution in [3.05, 3.63) is 52.8 Å². The number of hydrogen-bond donors (Lipinski definition) is 0. The van der Waals surface area contributed by atoms with E-state index in [0.29, 0.717) is 17.1 Å². The second-order valence-corrected chi connectivity index (χ2v) is 4.76. The van der Waals surface area contributed by atoms with Crippen molar-refractivity contribution in [3.63, 3.8) is 0 Å². The Morgan fingerprint density at radius 1 is 1.09 bits per heavy atom. The van der Waals surface area contributed by atoms with Gasteiger partial charge in [0.05, 0.1) is 24.8 Å². The molecule has 0 amide bonds. The maximum Gasteiger partial charge on any atom is 0.203 e. The monoisotopic (exact) mass is 324 g/mol. The van der Waals surface area contributed by atoms with Gasteiger partial charge in [-0.1, -0.05) is 11.6 Å². The second kappa shape index (κ2) is 7.13. The summed E-state index contributed by atoms with van der Waals surface area (Å²) in [4.78, 5) is 12.2. The minimum atomic E-state index is -0.472. The Morgan fingerprint density at radius 2 is 1.86 bits per heavy atom.